The van der Waals surface area contributed by atoms with Crippen LogP contribution < -0.4 is 10.0 Å². The van der Waals surface area contributed by atoms with Gasteiger partial charge in [0.15, 0.2) is 0 Å². The maximum absolute atomic E-state index is 13.0. The number of hydrogen-bond donors (Lipinski definition) is 2. The minimum Gasteiger partial charge on any atom is -0.338 e. The molecule has 1 atom stereocenters. The lowest BCUT2D eigenvalue weighted by Gasteiger charge is -2.32. The third-order valence-corrected chi connectivity index (χ3v) is 5.37. The van der Waals surface area contributed by atoms with Crippen LogP contribution in [0.1, 0.15) is 28.8 Å². The fraction of sp³-hybridized carbons (Fsp3) is 0.350. The molecule has 2 heterocycles. The standard InChI is InChI=1S/C20H24N4O4S/c1-14-7-5-11-21-18(14)22-19(25)15-8-6-12-24(13-15)20(26)16-9-3-4-10-17(16)23-29(2,27)28/h3-5,7,9-11,15,23H,6,8,12-13H2,1-2H3,(H,21,22,25). The van der Waals surface area contributed by atoms with Crippen molar-refractivity contribution in [1.82, 2.24) is 9.88 Å². The molecule has 3 rings (SSSR count). The highest BCUT2D eigenvalue weighted by molar-refractivity contribution is 7.92. The number of aryl methyl sites for hydroxylation is 1. The first-order valence-corrected chi connectivity index (χ1v) is 11.2. The van der Waals surface area contributed by atoms with Gasteiger partial charge >= 0.3 is 0 Å². The summed E-state index contributed by atoms with van der Waals surface area (Å²) in [5.74, 6) is -0.317. The molecule has 9 heteroatoms. The molecule has 1 saturated heterocycles. The first kappa shape index (κ1) is 20.8. The van der Waals surface area contributed by atoms with E-state index in [2.05, 4.69) is 15.0 Å². The van der Waals surface area contributed by atoms with Crippen molar-refractivity contribution in [1.29, 1.82) is 0 Å². The molecule has 1 aromatic carbocycles. The van der Waals surface area contributed by atoms with Gasteiger partial charge in [-0.15, -0.1) is 0 Å². The van der Waals surface area contributed by atoms with Gasteiger partial charge in [0.05, 0.1) is 23.4 Å². The molecule has 1 fully saturated rings. The van der Waals surface area contributed by atoms with E-state index >= 15 is 0 Å². The molecular weight excluding hydrogens is 392 g/mol. The summed E-state index contributed by atoms with van der Waals surface area (Å²) >= 11 is 0. The number of amides is 2. The maximum Gasteiger partial charge on any atom is 0.256 e. The summed E-state index contributed by atoms with van der Waals surface area (Å²) in [6.45, 7) is 2.65. The van der Waals surface area contributed by atoms with E-state index in [1.165, 1.54) is 0 Å². The van der Waals surface area contributed by atoms with E-state index in [0.717, 1.165) is 11.8 Å². The lowest BCUT2D eigenvalue weighted by Crippen LogP contribution is -2.44. The van der Waals surface area contributed by atoms with Crippen LogP contribution in [0.15, 0.2) is 42.6 Å². The SMILES string of the molecule is Cc1cccnc1NC(=O)C1CCCN(C(=O)c2ccccc2NS(C)(=O)=O)C1. The average Bonchev–Trinajstić information content (AvgIpc) is 2.68. The Morgan fingerprint density at radius 1 is 1.17 bits per heavy atom. The highest BCUT2D eigenvalue weighted by Crippen LogP contribution is 2.24. The van der Waals surface area contributed by atoms with Gasteiger partial charge in [0.1, 0.15) is 5.82 Å². The first-order valence-electron chi connectivity index (χ1n) is 9.33. The number of sulfonamides is 1. The van der Waals surface area contributed by atoms with Crippen LogP contribution in [-0.4, -0.2) is 49.5 Å². The number of pyridine rings is 1. The second-order valence-electron chi connectivity index (χ2n) is 7.17. The number of piperidine rings is 1. The molecule has 0 saturated carbocycles. The normalized spacial score (nSPS) is 16.9. The Morgan fingerprint density at radius 2 is 1.93 bits per heavy atom. The van der Waals surface area contributed by atoms with Gasteiger partial charge < -0.3 is 10.2 Å². The van der Waals surface area contributed by atoms with Crippen LogP contribution in [0.4, 0.5) is 11.5 Å². The van der Waals surface area contributed by atoms with Crippen molar-refractivity contribution in [2.45, 2.75) is 19.8 Å². The van der Waals surface area contributed by atoms with E-state index in [1.54, 1.807) is 41.4 Å². The molecule has 2 amide bonds. The van der Waals surface area contributed by atoms with Gasteiger partial charge in [-0.3, -0.25) is 14.3 Å². The number of para-hydroxylation sites is 1. The van der Waals surface area contributed by atoms with Gasteiger partial charge in [0, 0.05) is 19.3 Å². The third kappa shape index (κ3) is 5.32. The summed E-state index contributed by atoms with van der Waals surface area (Å²) in [6, 6.07) is 10.1. The smallest absolute Gasteiger partial charge is 0.256 e. The van der Waals surface area contributed by atoms with Crippen LogP contribution in [0.5, 0.6) is 0 Å². The van der Waals surface area contributed by atoms with Gasteiger partial charge in [-0.05, 0) is 43.5 Å². The zero-order chi connectivity index (χ0) is 21.0. The number of nitrogens with zero attached hydrogens (tertiary/aromatic N) is 2. The van der Waals surface area contributed by atoms with Gasteiger partial charge in [0.25, 0.3) is 5.91 Å². The summed E-state index contributed by atoms with van der Waals surface area (Å²) in [6.07, 6.45) is 4.01. The van der Waals surface area contributed by atoms with Crippen molar-refractivity contribution in [3.8, 4) is 0 Å². The van der Waals surface area contributed by atoms with Crippen LogP contribution in [0.2, 0.25) is 0 Å². The second-order valence-corrected chi connectivity index (χ2v) is 8.92. The zero-order valence-electron chi connectivity index (χ0n) is 16.4. The van der Waals surface area contributed by atoms with Gasteiger partial charge in [-0.1, -0.05) is 18.2 Å². The average molecular weight is 417 g/mol. The Labute approximate surface area is 170 Å². The Bertz CT molecular complexity index is 1020. The highest BCUT2D eigenvalue weighted by atomic mass is 32.2. The molecule has 29 heavy (non-hydrogen) atoms. The van der Waals surface area contributed by atoms with Gasteiger partial charge in [0.2, 0.25) is 15.9 Å². The summed E-state index contributed by atoms with van der Waals surface area (Å²) in [5, 5.41) is 2.84. The summed E-state index contributed by atoms with van der Waals surface area (Å²) in [5.41, 5.74) is 1.36. The molecule has 154 valence electrons. The molecule has 0 spiro atoms. The van der Waals surface area contributed by atoms with Crippen molar-refractivity contribution < 1.29 is 18.0 Å². The largest absolute Gasteiger partial charge is 0.338 e. The van der Waals surface area contributed by atoms with Crippen LogP contribution in [0.3, 0.4) is 0 Å². The van der Waals surface area contributed by atoms with Crippen LogP contribution in [0.25, 0.3) is 0 Å². The van der Waals surface area contributed by atoms with E-state index in [9.17, 15) is 18.0 Å². The van der Waals surface area contributed by atoms with E-state index in [0.29, 0.717) is 25.2 Å². The molecule has 2 aromatic rings. The fourth-order valence-corrected chi connectivity index (χ4v) is 3.92. The predicted octanol–water partition coefficient (Wildman–Crippen LogP) is 2.25. The summed E-state index contributed by atoms with van der Waals surface area (Å²) in [4.78, 5) is 31.5. The monoisotopic (exact) mass is 416 g/mol. The predicted molar refractivity (Wildman–Crippen MR) is 111 cm³/mol. The number of anilines is 2. The lowest BCUT2D eigenvalue weighted by molar-refractivity contribution is -0.121. The Morgan fingerprint density at radius 3 is 2.66 bits per heavy atom. The number of benzene rings is 1. The summed E-state index contributed by atoms with van der Waals surface area (Å²) < 4.78 is 25.6. The molecule has 1 unspecified atom stereocenters. The fourth-order valence-electron chi connectivity index (χ4n) is 3.34. The molecule has 1 aromatic heterocycles. The molecule has 0 bridgehead atoms. The second kappa shape index (κ2) is 8.60. The Balaban J connectivity index is 1.73. The van der Waals surface area contributed by atoms with Crippen LogP contribution >= 0.6 is 0 Å². The minimum absolute atomic E-state index is 0.174. The highest BCUT2D eigenvalue weighted by Gasteiger charge is 2.30. The first-order chi connectivity index (χ1) is 13.7. The van der Waals surface area contributed by atoms with E-state index in [4.69, 9.17) is 0 Å². The molecule has 0 aliphatic carbocycles. The Hall–Kier alpha value is -2.94. The molecule has 0 radical (unpaired) electrons. The van der Waals surface area contributed by atoms with Crippen molar-refractivity contribution in [3.05, 3.63) is 53.7 Å². The zero-order valence-corrected chi connectivity index (χ0v) is 17.2. The molecule has 1 aliphatic heterocycles. The topological polar surface area (TPSA) is 108 Å². The van der Waals surface area contributed by atoms with Crippen LogP contribution in [-0.2, 0) is 14.8 Å². The van der Waals surface area contributed by atoms with Crippen molar-refractivity contribution in [3.63, 3.8) is 0 Å². The van der Waals surface area contributed by atoms with Crippen molar-refractivity contribution in [2.24, 2.45) is 5.92 Å². The number of hydrogen-bond acceptors (Lipinski definition) is 5. The minimum atomic E-state index is -3.52. The number of nitrogens with one attached hydrogen (secondary N) is 2. The van der Waals surface area contributed by atoms with Crippen molar-refractivity contribution >= 4 is 33.3 Å². The Kier molecular flexibility index (Phi) is 6.17. The third-order valence-electron chi connectivity index (χ3n) is 4.78. The lowest BCUT2D eigenvalue weighted by atomic mass is 9.96. The summed E-state index contributed by atoms with van der Waals surface area (Å²) in [7, 11) is -3.52. The number of carbonyl (C=O) groups is 2. The number of rotatable bonds is 5. The number of aromatic nitrogens is 1. The maximum atomic E-state index is 13.0. The molecular formula is C20H24N4O4S. The van der Waals surface area contributed by atoms with Crippen molar-refractivity contribution in [2.75, 3.05) is 29.4 Å². The molecule has 2 N–H and O–H groups in total. The number of carbonyl (C=O) groups excluding carboxylic acids is 2. The quantitative estimate of drug-likeness (QED) is 0.777. The molecule has 8 nitrogen and oxygen atoms in total. The van der Waals surface area contributed by atoms with Crippen LogP contribution in [0, 0.1) is 12.8 Å². The molecule has 1 aliphatic rings. The van der Waals surface area contributed by atoms with Gasteiger partial charge in [-0.25, -0.2) is 13.4 Å². The van der Waals surface area contributed by atoms with Gasteiger partial charge in [-0.2, -0.15) is 0 Å². The van der Waals surface area contributed by atoms with E-state index in [-0.39, 0.29) is 35.5 Å². The van der Waals surface area contributed by atoms with E-state index in [1.807, 2.05) is 13.0 Å². The number of likely N-dealkylation sites (tertiary alicyclic amines) is 1. The van der Waals surface area contributed by atoms with E-state index < -0.39 is 10.0 Å².